The van der Waals surface area contributed by atoms with Crippen molar-refractivity contribution in [3.63, 3.8) is 0 Å². The van der Waals surface area contributed by atoms with E-state index in [1.165, 1.54) is 0 Å². The first kappa shape index (κ1) is 28.8. The van der Waals surface area contributed by atoms with E-state index >= 15 is 0 Å². The molecule has 0 unspecified atom stereocenters. The van der Waals surface area contributed by atoms with Crippen LogP contribution in [0.4, 0.5) is 0 Å². The van der Waals surface area contributed by atoms with Crippen LogP contribution in [-0.4, -0.2) is 9.13 Å². The first-order valence-corrected chi connectivity index (χ1v) is 16.3. The third-order valence-corrected chi connectivity index (χ3v) is 9.63. The molecule has 0 atom stereocenters. The van der Waals surface area contributed by atoms with Crippen LogP contribution in [0.1, 0.15) is 16.7 Å². The van der Waals surface area contributed by atoms with Crippen molar-refractivity contribution in [3.8, 4) is 51.8 Å². The minimum absolute atomic E-state index is 0.564. The highest BCUT2D eigenvalue weighted by Gasteiger charge is 2.20. The average molecular weight is 636 g/mol. The molecule has 2 heterocycles. The second-order valence-electron chi connectivity index (χ2n) is 12.3. The molecular formula is C45H25N5. The summed E-state index contributed by atoms with van der Waals surface area (Å²) in [6, 6.07) is 57.8. The molecule has 9 aromatic rings. The molecule has 0 fully saturated rings. The summed E-state index contributed by atoms with van der Waals surface area (Å²) < 4.78 is 4.40. The summed E-state index contributed by atoms with van der Waals surface area (Å²) in [5.41, 5.74) is 11.3. The lowest BCUT2D eigenvalue weighted by Crippen LogP contribution is -1.99. The maximum Gasteiger partial charge on any atom is 0.101 e. The van der Waals surface area contributed by atoms with E-state index in [9.17, 15) is 15.8 Å². The van der Waals surface area contributed by atoms with E-state index in [4.69, 9.17) is 0 Å². The largest absolute Gasteiger partial charge is 0.309 e. The van der Waals surface area contributed by atoms with E-state index in [1.54, 1.807) is 0 Å². The van der Waals surface area contributed by atoms with Gasteiger partial charge in [-0.1, -0.05) is 84.9 Å². The van der Waals surface area contributed by atoms with Crippen LogP contribution in [0.2, 0.25) is 0 Å². The van der Waals surface area contributed by atoms with Crippen molar-refractivity contribution >= 4 is 43.6 Å². The number of benzene rings is 7. The molecule has 0 radical (unpaired) electrons. The fraction of sp³-hybridized carbons (Fsp3) is 0. The van der Waals surface area contributed by atoms with Gasteiger partial charge in [-0.3, -0.25) is 0 Å². The summed E-state index contributed by atoms with van der Waals surface area (Å²) in [7, 11) is 0. The maximum atomic E-state index is 10.4. The smallest absolute Gasteiger partial charge is 0.101 e. The summed E-state index contributed by atoms with van der Waals surface area (Å²) in [6.45, 7) is 0. The van der Waals surface area contributed by atoms with Crippen LogP contribution in [0, 0.1) is 34.0 Å². The molecule has 7 aromatic carbocycles. The van der Waals surface area contributed by atoms with E-state index in [-0.39, 0.29) is 0 Å². The zero-order valence-corrected chi connectivity index (χ0v) is 26.7. The topological polar surface area (TPSA) is 81.2 Å². The lowest BCUT2D eigenvalue weighted by Gasteiger charge is -2.16. The molecule has 230 valence electrons. The Morgan fingerprint density at radius 1 is 0.400 bits per heavy atom. The molecule has 0 N–H and O–H groups in total. The monoisotopic (exact) mass is 635 g/mol. The van der Waals surface area contributed by atoms with Gasteiger partial charge in [-0.05, 0) is 77.9 Å². The van der Waals surface area contributed by atoms with Crippen LogP contribution in [0.25, 0.3) is 77.2 Å². The second-order valence-corrected chi connectivity index (χ2v) is 12.3. The zero-order chi connectivity index (χ0) is 33.8. The molecule has 5 heteroatoms. The summed E-state index contributed by atoms with van der Waals surface area (Å²) in [4.78, 5) is 0. The predicted molar refractivity (Wildman–Crippen MR) is 200 cm³/mol. The molecular weight excluding hydrogens is 611 g/mol. The van der Waals surface area contributed by atoms with Crippen molar-refractivity contribution in [1.82, 2.24) is 9.13 Å². The molecule has 0 amide bonds. The van der Waals surface area contributed by atoms with Crippen molar-refractivity contribution in [2.24, 2.45) is 0 Å². The highest BCUT2D eigenvalue weighted by Crippen LogP contribution is 2.40. The quantitative estimate of drug-likeness (QED) is 0.193. The molecule has 0 aliphatic heterocycles. The van der Waals surface area contributed by atoms with E-state index < -0.39 is 0 Å². The van der Waals surface area contributed by atoms with E-state index in [2.05, 4.69) is 100 Å². The molecule has 0 bridgehead atoms. The SMILES string of the molecule is N#Cc1ccc2c(c1)c1ccccc1n2-c1cccc(-c2ccc(C#N)c(-c3ccccc3-n3c4ccccc4c4cccc(C#N)c43)c2)c1. The third kappa shape index (κ3) is 4.31. The number of nitrogens with zero attached hydrogens (tertiary/aromatic N) is 5. The first-order chi connectivity index (χ1) is 24.7. The summed E-state index contributed by atoms with van der Waals surface area (Å²) in [5, 5.41) is 34.3. The van der Waals surface area contributed by atoms with Gasteiger partial charge >= 0.3 is 0 Å². The summed E-state index contributed by atoms with van der Waals surface area (Å²) >= 11 is 0. The van der Waals surface area contributed by atoms with Gasteiger partial charge in [-0.25, -0.2) is 0 Å². The fourth-order valence-corrected chi connectivity index (χ4v) is 7.44. The molecule has 50 heavy (non-hydrogen) atoms. The van der Waals surface area contributed by atoms with Crippen molar-refractivity contribution in [3.05, 3.63) is 168 Å². The van der Waals surface area contributed by atoms with Gasteiger partial charge in [-0.2, -0.15) is 15.8 Å². The number of hydrogen-bond donors (Lipinski definition) is 0. The molecule has 9 rings (SSSR count). The highest BCUT2D eigenvalue weighted by atomic mass is 15.0. The molecule has 2 aromatic heterocycles. The minimum atomic E-state index is 0.564. The Morgan fingerprint density at radius 2 is 1.06 bits per heavy atom. The van der Waals surface area contributed by atoms with E-state index in [1.807, 2.05) is 78.9 Å². The van der Waals surface area contributed by atoms with Gasteiger partial charge < -0.3 is 9.13 Å². The Labute approximate surface area is 287 Å². The van der Waals surface area contributed by atoms with Gasteiger partial charge in [0.15, 0.2) is 0 Å². The van der Waals surface area contributed by atoms with Crippen LogP contribution < -0.4 is 0 Å². The van der Waals surface area contributed by atoms with Gasteiger partial charge in [-0.15, -0.1) is 0 Å². The standard InChI is InChI=1S/C45H25N5/c46-26-29-19-22-44-40(23-29)37-14-3-4-16-41(37)49(44)34-11-7-9-30(24-34)31-20-21-32(27-47)39(25-31)36-13-2-6-18-43(36)50-42-17-5-1-12-35(42)38-15-8-10-33(28-48)45(38)50/h1-25H. The molecule has 0 aliphatic rings. The number of rotatable bonds is 4. The van der Waals surface area contributed by atoms with Crippen LogP contribution >= 0.6 is 0 Å². The molecule has 5 nitrogen and oxygen atoms in total. The fourth-order valence-electron chi connectivity index (χ4n) is 7.44. The maximum absolute atomic E-state index is 10.4. The normalized spacial score (nSPS) is 11.1. The number of hydrogen-bond acceptors (Lipinski definition) is 3. The van der Waals surface area contributed by atoms with Crippen molar-refractivity contribution in [1.29, 1.82) is 15.8 Å². The zero-order valence-electron chi connectivity index (χ0n) is 26.7. The molecule has 0 spiro atoms. The first-order valence-electron chi connectivity index (χ1n) is 16.3. The Bertz CT molecular complexity index is 2970. The third-order valence-electron chi connectivity index (χ3n) is 9.63. The highest BCUT2D eigenvalue weighted by molar-refractivity contribution is 6.12. The molecule has 0 aliphatic carbocycles. The van der Waals surface area contributed by atoms with Gasteiger partial charge in [0.1, 0.15) is 6.07 Å². The van der Waals surface area contributed by atoms with E-state index in [0.717, 1.165) is 77.2 Å². The van der Waals surface area contributed by atoms with Gasteiger partial charge in [0.25, 0.3) is 0 Å². The van der Waals surface area contributed by atoms with Crippen LogP contribution in [0.5, 0.6) is 0 Å². The number of nitriles is 3. The van der Waals surface area contributed by atoms with Crippen molar-refractivity contribution < 1.29 is 0 Å². The van der Waals surface area contributed by atoms with Crippen LogP contribution in [0.3, 0.4) is 0 Å². The Morgan fingerprint density at radius 3 is 1.86 bits per heavy atom. The number of para-hydroxylation sites is 4. The van der Waals surface area contributed by atoms with E-state index in [0.29, 0.717) is 16.7 Å². The van der Waals surface area contributed by atoms with Gasteiger partial charge in [0.2, 0.25) is 0 Å². The lowest BCUT2D eigenvalue weighted by atomic mass is 9.93. The minimum Gasteiger partial charge on any atom is -0.309 e. The number of aromatic nitrogens is 2. The summed E-state index contributed by atoms with van der Waals surface area (Å²) in [6.07, 6.45) is 0. The van der Waals surface area contributed by atoms with Crippen molar-refractivity contribution in [2.75, 3.05) is 0 Å². The van der Waals surface area contributed by atoms with Gasteiger partial charge in [0.05, 0.1) is 56.6 Å². The molecule has 0 saturated heterocycles. The van der Waals surface area contributed by atoms with Crippen LogP contribution in [-0.2, 0) is 0 Å². The predicted octanol–water partition coefficient (Wildman–Crippen LogP) is 10.8. The number of fused-ring (bicyclic) bond motifs is 6. The lowest BCUT2D eigenvalue weighted by molar-refractivity contribution is 1.18. The molecule has 0 saturated carbocycles. The van der Waals surface area contributed by atoms with Gasteiger partial charge in [0, 0.05) is 38.4 Å². The van der Waals surface area contributed by atoms with Crippen LogP contribution in [0.15, 0.2) is 152 Å². The van der Waals surface area contributed by atoms with Crippen molar-refractivity contribution in [2.45, 2.75) is 0 Å². The average Bonchev–Trinajstić information content (AvgIpc) is 3.70. The Kier molecular flexibility index (Phi) is 6.56. The second kappa shape index (κ2) is 11.4. The Balaban J connectivity index is 1.25. The summed E-state index contributed by atoms with van der Waals surface area (Å²) in [5.74, 6) is 0. The Hall–Kier alpha value is -7.39.